The average Bonchev–Trinajstić information content (AvgIpc) is 2.99. The smallest absolute Gasteiger partial charge is 0.311 e. The third-order valence-electron chi connectivity index (χ3n) is 4.44. The van der Waals surface area contributed by atoms with Crippen LogP contribution in [0.5, 0.6) is 11.5 Å². The Morgan fingerprint density at radius 3 is 2.75 bits per heavy atom. The molecular weight excluding hydrogens is 330 g/mol. The van der Waals surface area contributed by atoms with E-state index in [4.69, 9.17) is 9.47 Å². The first-order valence-electron chi connectivity index (χ1n) is 8.02. The molecule has 1 fully saturated rings. The van der Waals surface area contributed by atoms with Crippen molar-refractivity contribution in [3.8, 4) is 11.5 Å². The van der Waals surface area contributed by atoms with Crippen LogP contribution >= 0.6 is 11.8 Å². The first-order chi connectivity index (χ1) is 11.5. The van der Waals surface area contributed by atoms with Crippen molar-refractivity contribution in [3.63, 3.8) is 0 Å². The number of nitrogens with zero attached hydrogens (tertiary/aromatic N) is 1. The number of ether oxygens (including phenoxy) is 2. The summed E-state index contributed by atoms with van der Waals surface area (Å²) in [6.07, 6.45) is 0.915. The summed E-state index contributed by atoms with van der Waals surface area (Å²) in [7, 11) is 0. The standard InChI is InChI=1S/C17H21NO5S/c1-17(16(20)21)5-6-18(11-17)15(19)4-9-24-12-2-3-13-14(10-12)23-8-7-22-13/h2-3,10H,4-9,11H2,1H3,(H,20,21). The fraction of sp³-hybridized carbons (Fsp3) is 0.529. The molecule has 1 unspecified atom stereocenters. The zero-order valence-corrected chi connectivity index (χ0v) is 14.4. The Balaban J connectivity index is 1.48. The van der Waals surface area contributed by atoms with Crippen LogP contribution in [0, 0.1) is 5.41 Å². The van der Waals surface area contributed by atoms with Gasteiger partial charge in [-0.1, -0.05) is 0 Å². The highest BCUT2D eigenvalue weighted by Crippen LogP contribution is 2.35. The fourth-order valence-electron chi connectivity index (χ4n) is 2.88. The molecule has 2 heterocycles. The zero-order valence-electron chi connectivity index (χ0n) is 13.6. The Morgan fingerprint density at radius 1 is 1.29 bits per heavy atom. The molecule has 130 valence electrons. The van der Waals surface area contributed by atoms with E-state index in [-0.39, 0.29) is 5.91 Å². The quantitative estimate of drug-likeness (QED) is 0.820. The summed E-state index contributed by atoms with van der Waals surface area (Å²) in [6, 6.07) is 5.78. The van der Waals surface area contributed by atoms with Crippen molar-refractivity contribution in [3.05, 3.63) is 18.2 Å². The van der Waals surface area contributed by atoms with Gasteiger partial charge in [-0.05, 0) is 31.5 Å². The van der Waals surface area contributed by atoms with E-state index in [1.165, 1.54) is 0 Å². The number of fused-ring (bicyclic) bond motifs is 1. The molecule has 1 atom stereocenters. The van der Waals surface area contributed by atoms with Crippen LogP contribution in [0.3, 0.4) is 0 Å². The number of carbonyl (C=O) groups excluding carboxylic acids is 1. The van der Waals surface area contributed by atoms with Crippen LogP contribution in [0.25, 0.3) is 0 Å². The van der Waals surface area contributed by atoms with E-state index < -0.39 is 11.4 Å². The van der Waals surface area contributed by atoms with Crippen LogP contribution in [-0.4, -0.2) is 53.9 Å². The lowest BCUT2D eigenvalue weighted by Crippen LogP contribution is -2.34. The molecule has 0 radical (unpaired) electrons. The minimum atomic E-state index is -0.830. The molecule has 2 aliphatic rings. The highest BCUT2D eigenvalue weighted by molar-refractivity contribution is 7.99. The van der Waals surface area contributed by atoms with Crippen LogP contribution in [0.2, 0.25) is 0 Å². The van der Waals surface area contributed by atoms with Crippen LogP contribution in [0.15, 0.2) is 23.1 Å². The molecule has 2 aliphatic heterocycles. The van der Waals surface area contributed by atoms with Gasteiger partial charge >= 0.3 is 5.97 Å². The van der Waals surface area contributed by atoms with Gasteiger partial charge in [0.05, 0.1) is 5.41 Å². The summed E-state index contributed by atoms with van der Waals surface area (Å²) >= 11 is 1.59. The van der Waals surface area contributed by atoms with Gasteiger partial charge in [0.25, 0.3) is 0 Å². The number of hydrogen-bond donors (Lipinski definition) is 1. The summed E-state index contributed by atoms with van der Waals surface area (Å²) in [5, 5.41) is 9.23. The maximum Gasteiger partial charge on any atom is 0.311 e. The Bertz CT molecular complexity index is 650. The summed E-state index contributed by atoms with van der Waals surface area (Å²) in [5.74, 6) is 1.34. The van der Waals surface area contributed by atoms with E-state index in [9.17, 15) is 14.7 Å². The molecule has 0 spiro atoms. The molecule has 3 rings (SSSR count). The normalized spacial score (nSPS) is 22.5. The van der Waals surface area contributed by atoms with Gasteiger partial charge < -0.3 is 19.5 Å². The van der Waals surface area contributed by atoms with Crippen molar-refractivity contribution in [1.29, 1.82) is 0 Å². The van der Waals surface area contributed by atoms with E-state index in [1.807, 2.05) is 18.2 Å². The number of carbonyl (C=O) groups is 2. The molecule has 1 N–H and O–H groups in total. The number of thioether (sulfide) groups is 1. The summed E-state index contributed by atoms with van der Waals surface area (Å²) in [4.78, 5) is 26.2. The van der Waals surface area contributed by atoms with E-state index in [0.29, 0.717) is 44.9 Å². The zero-order chi connectivity index (χ0) is 17.2. The number of aliphatic carboxylic acids is 1. The number of carboxylic acids is 1. The van der Waals surface area contributed by atoms with Crippen molar-refractivity contribution < 1.29 is 24.2 Å². The number of hydrogen-bond acceptors (Lipinski definition) is 5. The molecule has 0 aromatic heterocycles. The minimum Gasteiger partial charge on any atom is -0.486 e. The van der Waals surface area contributed by atoms with Gasteiger partial charge in [-0.3, -0.25) is 9.59 Å². The predicted octanol–water partition coefficient (Wildman–Crippen LogP) is 2.26. The maximum atomic E-state index is 12.3. The molecule has 1 amide bonds. The molecule has 1 aromatic carbocycles. The highest BCUT2D eigenvalue weighted by Gasteiger charge is 2.41. The molecule has 1 aromatic rings. The lowest BCUT2D eigenvalue weighted by molar-refractivity contribution is -0.147. The van der Waals surface area contributed by atoms with Gasteiger partial charge in [-0.15, -0.1) is 11.8 Å². The molecule has 7 heteroatoms. The number of rotatable bonds is 5. The SMILES string of the molecule is CC1(C(=O)O)CCN(C(=O)CCSc2ccc3c(c2)OCCO3)C1. The van der Waals surface area contributed by atoms with E-state index in [0.717, 1.165) is 16.4 Å². The van der Waals surface area contributed by atoms with Crippen molar-refractivity contribution in [1.82, 2.24) is 4.90 Å². The molecule has 0 bridgehead atoms. The van der Waals surface area contributed by atoms with Gasteiger partial charge in [0.2, 0.25) is 5.91 Å². The van der Waals surface area contributed by atoms with E-state index >= 15 is 0 Å². The average molecular weight is 351 g/mol. The van der Waals surface area contributed by atoms with Gasteiger partial charge in [0, 0.05) is 30.2 Å². The predicted molar refractivity (Wildman–Crippen MR) is 89.7 cm³/mol. The molecule has 0 saturated carbocycles. The molecule has 24 heavy (non-hydrogen) atoms. The number of amides is 1. The first kappa shape index (κ1) is 17.0. The monoisotopic (exact) mass is 351 g/mol. The first-order valence-corrected chi connectivity index (χ1v) is 9.00. The van der Waals surface area contributed by atoms with Crippen LogP contribution < -0.4 is 9.47 Å². The topological polar surface area (TPSA) is 76.1 Å². The van der Waals surface area contributed by atoms with Gasteiger partial charge in [-0.25, -0.2) is 0 Å². The third kappa shape index (κ3) is 3.61. The number of carboxylic acid groups (broad SMARTS) is 1. The Kier molecular flexibility index (Phi) is 4.89. The van der Waals surface area contributed by atoms with Gasteiger partial charge in [0.1, 0.15) is 13.2 Å². The summed E-state index contributed by atoms with van der Waals surface area (Å²) < 4.78 is 11.0. The second-order valence-electron chi connectivity index (χ2n) is 6.34. The van der Waals surface area contributed by atoms with E-state index in [1.54, 1.807) is 23.6 Å². The highest BCUT2D eigenvalue weighted by atomic mass is 32.2. The van der Waals surface area contributed by atoms with Crippen LogP contribution in [0.1, 0.15) is 19.8 Å². The molecular formula is C17H21NO5S. The number of benzene rings is 1. The Morgan fingerprint density at radius 2 is 2.04 bits per heavy atom. The lowest BCUT2D eigenvalue weighted by atomic mass is 9.90. The van der Waals surface area contributed by atoms with Crippen molar-refractivity contribution in [2.75, 3.05) is 32.1 Å². The second-order valence-corrected chi connectivity index (χ2v) is 7.50. The summed E-state index contributed by atoms with van der Waals surface area (Å²) in [5.41, 5.74) is -0.807. The molecule has 1 saturated heterocycles. The van der Waals surface area contributed by atoms with Gasteiger partial charge in [0.15, 0.2) is 11.5 Å². The third-order valence-corrected chi connectivity index (χ3v) is 5.44. The number of likely N-dealkylation sites (tertiary alicyclic amines) is 1. The van der Waals surface area contributed by atoms with Crippen LogP contribution in [-0.2, 0) is 9.59 Å². The Hall–Kier alpha value is -1.89. The molecule has 6 nitrogen and oxygen atoms in total. The fourth-order valence-corrected chi connectivity index (χ4v) is 3.74. The Labute approximate surface area is 145 Å². The second kappa shape index (κ2) is 6.93. The van der Waals surface area contributed by atoms with Crippen molar-refractivity contribution in [2.24, 2.45) is 5.41 Å². The van der Waals surface area contributed by atoms with Crippen molar-refractivity contribution >= 4 is 23.6 Å². The lowest BCUT2D eigenvalue weighted by Gasteiger charge is -2.20. The van der Waals surface area contributed by atoms with E-state index in [2.05, 4.69) is 0 Å². The largest absolute Gasteiger partial charge is 0.486 e. The van der Waals surface area contributed by atoms with Crippen molar-refractivity contribution in [2.45, 2.75) is 24.7 Å². The van der Waals surface area contributed by atoms with Gasteiger partial charge in [-0.2, -0.15) is 0 Å². The minimum absolute atomic E-state index is 0.0185. The van der Waals surface area contributed by atoms with Crippen LogP contribution in [0.4, 0.5) is 0 Å². The maximum absolute atomic E-state index is 12.3. The summed E-state index contributed by atoms with van der Waals surface area (Å²) in [6.45, 7) is 3.65. The molecule has 0 aliphatic carbocycles.